The van der Waals surface area contributed by atoms with Crippen molar-refractivity contribution in [1.29, 1.82) is 0 Å². The number of nitrogens with one attached hydrogen (secondary N) is 3. The second-order valence-corrected chi connectivity index (χ2v) is 9.54. The first-order chi connectivity index (χ1) is 18.2. The maximum atomic E-state index is 15.0. The zero-order valence-electron chi connectivity index (χ0n) is 20.9. The fourth-order valence-electron chi connectivity index (χ4n) is 3.71. The molecule has 2 atom stereocenters. The second kappa shape index (κ2) is 12.0. The number of carbonyl (C=O) groups excluding carboxylic acids is 3. The first kappa shape index (κ1) is 26.9. The summed E-state index contributed by atoms with van der Waals surface area (Å²) in [7, 11) is 0. The molecule has 1 fully saturated rings. The number of anilines is 2. The van der Waals surface area contributed by atoms with Crippen LogP contribution in [-0.4, -0.2) is 52.5 Å². The lowest BCUT2D eigenvalue weighted by Gasteiger charge is -2.15. The summed E-state index contributed by atoms with van der Waals surface area (Å²) < 4.78 is 24.5. The average molecular weight is 542 g/mol. The minimum atomic E-state index is -0.598. The Kier molecular flexibility index (Phi) is 8.48. The number of ether oxygens (including phenoxy) is 1. The number of hydrogen-bond donors (Lipinski definition) is 4. The van der Waals surface area contributed by atoms with Gasteiger partial charge in [0.1, 0.15) is 11.9 Å². The van der Waals surface area contributed by atoms with E-state index in [0.717, 1.165) is 5.56 Å². The molecule has 1 aliphatic rings. The highest BCUT2D eigenvalue weighted by molar-refractivity contribution is 7.09. The molecular weight excluding hydrogens is 513 g/mol. The standard InChI is InChI=1S/C25H28FN7O4S/c1-14(27)23(35)29-12-22-31-24(38-32-22)30-10-16-3-5-17(6-4-16)20-8-7-18(9-21(20)26)33-13-19(37-25(33)36)11-28-15(2)34/h3-9,14,19H,10-13,27H2,1-2H3,(H,28,34)(H,29,35)(H,30,31,32)/t14-,19-/m0/s1. The Bertz CT molecular complexity index is 1320. The van der Waals surface area contributed by atoms with Gasteiger partial charge >= 0.3 is 6.09 Å². The number of rotatable bonds is 10. The zero-order chi connectivity index (χ0) is 27.2. The number of aromatic nitrogens is 2. The van der Waals surface area contributed by atoms with Crippen molar-refractivity contribution in [2.75, 3.05) is 23.3 Å². The highest BCUT2D eigenvalue weighted by atomic mass is 32.1. The van der Waals surface area contributed by atoms with Crippen LogP contribution >= 0.6 is 11.5 Å². The molecule has 2 heterocycles. The summed E-state index contributed by atoms with van der Waals surface area (Å²) in [6.45, 7) is 4.09. The summed E-state index contributed by atoms with van der Waals surface area (Å²) in [4.78, 5) is 40.6. The van der Waals surface area contributed by atoms with Gasteiger partial charge in [-0.1, -0.05) is 24.3 Å². The van der Waals surface area contributed by atoms with E-state index in [-0.39, 0.29) is 31.4 Å². The van der Waals surface area contributed by atoms with Gasteiger partial charge in [0.25, 0.3) is 0 Å². The molecule has 0 saturated carbocycles. The SMILES string of the molecule is CC(=O)NC[C@H]1CN(c2ccc(-c3ccc(CNc4nc(CNC(=O)[C@H](C)N)ns4)cc3)c(F)c2)C(=O)O1. The van der Waals surface area contributed by atoms with Crippen LogP contribution in [-0.2, 0) is 27.4 Å². The van der Waals surface area contributed by atoms with E-state index in [2.05, 4.69) is 25.3 Å². The van der Waals surface area contributed by atoms with E-state index >= 15 is 4.39 Å². The van der Waals surface area contributed by atoms with Gasteiger partial charge in [0.2, 0.25) is 16.9 Å². The predicted octanol–water partition coefficient (Wildman–Crippen LogP) is 2.38. The number of cyclic esters (lactones) is 1. The Hall–Kier alpha value is -4.10. The highest BCUT2D eigenvalue weighted by Crippen LogP contribution is 2.29. The zero-order valence-corrected chi connectivity index (χ0v) is 21.7. The van der Waals surface area contributed by atoms with Crippen molar-refractivity contribution in [2.24, 2.45) is 5.73 Å². The Morgan fingerprint density at radius 1 is 1.21 bits per heavy atom. The van der Waals surface area contributed by atoms with E-state index in [4.69, 9.17) is 10.5 Å². The smallest absolute Gasteiger partial charge is 0.414 e. The van der Waals surface area contributed by atoms with Crippen molar-refractivity contribution < 1.29 is 23.5 Å². The molecule has 13 heteroatoms. The molecular formula is C25H28FN7O4S. The number of halogens is 1. The molecule has 3 aromatic rings. The minimum absolute atomic E-state index is 0.200. The molecule has 5 N–H and O–H groups in total. The van der Waals surface area contributed by atoms with Crippen LogP contribution in [0.2, 0.25) is 0 Å². The monoisotopic (exact) mass is 541 g/mol. The molecule has 38 heavy (non-hydrogen) atoms. The van der Waals surface area contributed by atoms with Crippen LogP contribution in [0.3, 0.4) is 0 Å². The number of nitrogens with zero attached hydrogens (tertiary/aromatic N) is 3. The van der Waals surface area contributed by atoms with E-state index in [1.54, 1.807) is 19.1 Å². The van der Waals surface area contributed by atoms with Crippen LogP contribution < -0.4 is 26.6 Å². The Labute approximate surface area is 222 Å². The van der Waals surface area contributed by atoms with Gasteiger partial charge in [-0.05, 0) is 36.2 Å². The lowest BCUT2D eigenvalue weighted by atomic mass is 10.0. The van der Waals surface area contributed by atoms with Crippen molar-refractivity contribution in [3.8, 4) is 11.1 Å². The van der Waals surface area contributed by atoms with Gasteiger partial charge in [-0.25, -0.2) is 14.2 Å². The Balaban J connectivity index is 1.33. The van der Waals surface area contributed by atoms with E-state index < -0.39 is 24.1 Å². The van der Waals surface area contributed by atoms with Gasteiger partial charge in [-0.3, -0.25) is 14.5 Å². The largest absolute Gasteiger partial charge is 0.442 e. The molecule has 0 radical (unpaired) electrons. The Morgan fingerprint density at radius 3 is 2.66 bits per heavy atom. The highest BCUT2D eigenvalue weighted by Gasteiger charge is 2.32. The van der Waals surface area contributed by atoms with Crippen LogP contribution in [0.4, 0.5) is 20.0 Å². The predicted molar refractivity (Wildman–Crippen MR) is 141 cm³/mol. The van der Waals surface area contributed by atoms with Gasteiger partial charge in [0, 0.05) is 30.6 Å². The van der Waals surface area contributed by atoms with Crippen molar-refractivity contribution in [3.05, 3.63) is 59.7 Å². The number of amides is 3. The number of carbonyl (C=O) groups is 3. The summed E-state index contributed by atoms with van der Waals surface area (Å²) >= 11 is 1.19. The maximum Gasteiger partial charge on any atom is 0.414 e. The molecule has 1 saturated heterocycles. The summed E-state index contributed by atoms with van der Waals surface area (Å²) in [6.07, 6.45) is -1.08. The molecule has 3 amide bonds. The molecule has 0 unspecified atom stereocenters. The van der Waals surface area contributed by atoms with Crippen LogP contribution in [0.25, 0.3) is 11.1 Å². The van der Waals surface area contributed by atoms with E-state index in [0.29, 0.717) is 34.3 Å². The molecule has 0 bridgehead atoms. The number of benzene rings is 2. The van der Waals surface area contributed by atoms with Gasteiger partial charge in [0.15, 0.2) is 5.82 Å². The van der Waals surface area contributed by atoms with Crippen LogP contribution in [0, 0.1) is 5.82 Å². The quantitative estimate of drug-likeness (QED) is 0.305. The van der Waals surface area contributed by atoms with Crippen LogP contribution in [0.1, 0.15) is 25.2 Å². The van der Waals surface area contributed by atoms with E-state index in [9.17, 15) is 14.4 Å². The topological polar surface area (TPSA) is 152 Å². The third-order valence-electron chi connectivity index (χ3n) is 5.73. The number of nitrogens with two attached hydrogens (primary N) is 1. The molecule has 200 valence electrons. The van der Waals surface area contributed by atoms with Crippen LogP contribution in [0.5, 0.6) is 0 Å². The lowest BCUT2D eigenvalue weighted by molar-refractivity contribution is -0.122. The van der Waals surface area contributed by atoms with Gasteiger partial charge in [-0.2, -0.15) is 4.37 Å². The second-order valence-electron chi connectivity index (χ2n) is 8.79. The Morgan fingerprint density at radius 2 is 1.97 bits per heavy atom. The van der Waals surface area contributed by atoms with Crippen molar-refractivity contribution in [3.63, 3.8) is 0 Å². The van der Waals surface area contributed by atoms with Crippen LogP contribution in [0.15, 0.2) is 42.5 Å². The molecule has 2 aromatic carbocycles. The summed E-state index contributed by atoms with van der Waals surface area (Å²) in [5.74, 6) is -0.465. The summed E-state index contributed by atoms with van der Waals surface area (Å²) in [5.41, 5.74) is 7.95. The maximum absolute atomic E-state index is 15.0. The fourth-order valence-corrected chi connectivity index (χ4v) is 4.29. The fraction of sp³-hybridized carbons (Fsp3) is 0.320. The molecule has 11 nitrogen and oxygen atoms in total. The third kappa shape index (κ3) is 6.81. The lowest BCUT2D eigenvalue weighted by Crippen LogP contribution is -2.38. The molecule has 1 aliphatic heterocycles. The first-order valence-electron chi connectivity index (χ1n) is 11.9. The van der Waals surface area contributed by atoms with Crippen molar-refractivity contribution in [2.45, 2.75) is 39.1 Å². The van der Waals surface area contributed by atoms with Gasteiger partial charge in [0.05, 0.1) is 31.4 Å². The average Bonchev–Trinajstić information content (AvgIpc) is 3.51. The molecule has 0 aliphatic carbocycles. The summed E-state index contributed by atoms with van der Waals surface area (Å²) in [6, 6.07) is 11.4. The van der Waals surface area contributed by atoms with Gasteiger partial charge < -0.3 is 26.4 Å². The number of hydrogen-bond acceptors (Lipinski definition) is 9. The van der Waals surface area contributed by atoms with E-state index in [1.807, 2.05) is 24.3 Å². The molecule has 0 spiro atoms. The molecule has 4 rings (SSSR count). The first-order valence-corrected chi connectivity index (χ1v) is 12.7. The third-order valence-corrected chi connectivity index (χ3v) is 6.44. The summed E-state index contributed by atoms with van der Waals surface area (Å²) in [5, 5.41) is 9.07. The normalized spacial score (nSPS) is 15.6. The van der Waals surface area contributed by atoms with Crippen molar-refractivity contribution in [1.82, 2.24) is 20.0 Å². The van der Waals surface area contributed by atoms with Crippen molar-refractivity contribution >= 4 is 40.3 Å². The van der Waals surface area contributed by atoms with Gasteiger partial charge in [-0.15, -0.1) is 0 Å². The molecule has 1 aromatic heterocycles. The minimum Gasteiger partial charge on any atom is -0.442 e. The van der Waals surface area contributed by atoms with E-state index in [1.165, 1.54) is 29.4 Å².